The molecule has 27 heavy (non-hydrogen) atoms. The van der Waals surface area contributed by atoms with E-state index in [1.165, 1.54) is 6.33 Å². The van der Waals surface area contributed by atoms with E-state index in [4.69, 9.17) is 11.6 Å². The van der Waals surface area contributed by atoms with Crippen LogP contribution in [0, 0.1) is 0 Å². The van der Waals surface area contributed by atoms with Gasteiger partial charge in [-0.15, -0.1) is 0 Å². The van der Waals surface area contributed by atoms with Crippen molar-refractivity contribution < 1.29 is 4.79 Å². The molecule has 1 amide bonds. The number of amides is 1. The Balaban J connectivity index is 1.78. The number of hydrogen-bond acceptors (Lipinski definition) is 5. The second kappa shape index (κ2) is 8.64. The number of rotatable bonds is 7. The number of pyridine rings is 1. The Morgan fingerprint density at radius 2 is 1.96 bits per heavy atom. The largest absolute Gasteiger partial charge is 0.355 e. The first kappa shape index (κ1) is 18.8. The number of nitrogens with one attached hydrogen (secondary N) is 1. The maximum absolute atomic E-state index is 13.1. The molecule has 0 fully saturated rings. The monoisotopic (exact) mass is 384 g/mol. The fourth-order valence-corrected chi connectivity index (χ4v) is 2.94. The number of carbonyl (C=O) groups excluding carboxylic acids is 1. The van der Waals surface area contributed by atoms with Gasteiger partial charge in [0.15, 0.2) is 0 Å². The molecule has 0 unspecified atom stereocenters. The van der Waals surface area contributed by atoms with E-state index in [0.29, 0.717) is 23.7 Å². The maximum atomic E-state index is 13.1. The molecule has 2 heterocycles. The highest BCUT2D eigenvalue weighted by molar-refractivity contribution is 6.31. The van der Waals surface area contributed by atoms with Gasteiger partial charge < -0.3 is 10.2 Å². The molecule has 2 aromatic heterocycles. The lowest BCUT2D eigenvalue weighted by atomic mass is 10.1. The Labute approximate surface area is 163 Å². The van der Waals surface area contributed by atoms with Gasteiger partial charge >= 0.3 is 0 Å². The highest BCUT2D eigenvalue weighted by Gasteiger charge is 2.20. The lowest BCUT2D eigenvalue weighted by Gasteiger charge is -2.27. The Bertz CT molecular complexity index is 882. The van der Waals surface area contributed by atoms with Crippen molar-refractivity contribution in [3.8, 4) is 0 Å². The van der Waals surface area contributed by atoms with Gasteiger partial charge in [-0.05, 0) is 44.2 Å². The standard InChI is InChI=1S/C19H21ClN6O/c1-14(2)26(8-7-25-13-22-12-23-25)19(27)15-9-16(20)11-18(10-15)24-17-3-5-21-6-4-17/h3-6,9-14H,7-8H2,1-2H3,(H,21,24). The van der Waals surface area contributed by atoms with E-state index in [9.17, 15) is 4.79 Å². The van der Waals surface area contributed by atoms with Gasteiger partial charge in [0, 0.05) is 46.9 Å². The number of carbonyl (C=O) groups is 1. The van der Waals surface area contributed by atoms with Gasteiger partial charge in [0.05, 0.1) is 6.54 Å². The molecule has 3 rings (SSSR count). The summed E-state index contributed by atoms with van der Waals surface area (Å²) in [5.41, 5.74) is 2.15. The molecule has 8 heteroatoms. The van der Waals surface area contributed by atoms with Gasteiger partial charge in [0.1, 0.15) is 12.7 Å². The van der Waals surface area contributed by atoms with Crippen molar-refractivity contribution in [3.63, 3.8) is 0 Å². The van der Waals surface area contributed by atoms with Crippen molar-refractivity contribution in [3.05, 3.63) is 66.0 Å². The van der Waals surface area contributed by atoms with Crippen LogP contribution in [0.1, 0.15) is 24.2 Å². The van der Waals surface area contributed by atoms with Crippen molar-refractivity contribution in [1.82, 2.24) is 24.6 Å². The molecule has 0 aliphatic rings. The average Bonchev–Trinajstić information content (AvgIpc) is 3.15. The van der Waals surface area contributed by atoms with Gasteiger partial charge in [0.2, 0.25) is 0 Å². The van der Waals surface area contributed by atoms with Gasteiger partial charge in [-0.3, -0.25) is 14.5 Å². The minimum absolute atomic E-state index is 0.0385. The third-order valence-electron chi connectivity index (χ3n) is 4.03. The van der Waals surface area contributed by atoms with Crippen LogP contribution in [0.2, 0.25) is 5.02 Å². The average molecular weight is 385 g/mol. The molecule has 1 N–H and O–H groups in total. The van der Waals surface area contributed by atoms with Gasteiger partial charge in [0.25, 0.3) is 5.91 Å². The van der Waals surface area contributed by atoms with Crippen molar-refractivity contribution in [2.75, 3.05) is 11.9 Å². The Hall–Kier alpha value is -2.93. The fourth-order valence-electron chi connectivity index (χ4n) is 2.71. The normalized spacial score (nSPS) is 10.8. The van der Waals surface area contributed by atoms with Crippen molar-refractivity contribution >= 4 is 28.9 Å². The number of nitrogens with zero attached hydrogens (tertiary/aromatic N) is 5. The van der Waals surface area contributed by atoms with E-state index in [0.717, 1.165) is 11.4 Å². The highest BCUT2D eigenvalue weighted by atomic mass is 35.5. The third kappa shape index (κ3) is 5.04. The third-order valence-corrected chi connectivity index (χ3v) is 4.25. The predicted octanol–water partition coefficient (Wildman–Crippen LogP) is 3.62. The van der Waals surface area contributed by atoms with Gasteiger partial charge in [-0.1, -0.05) is 11.6 Å². The molecule has 0 aliphatic carbocycles. The maximum Gasteiger partial charge on any atom is 0.254 e. The smallest absolute Gasteiger partial charge is 0.254 e. The lowest BCUT2D eigenvalue weighted by Crippen LogP contribution is -2.39. The van der Waals surface area contributed by atoms with Crippen molar-refractivity contribution in [2.45, 2.75) is 26.4 Å². The summed E-state index contributed by atoms with van der Waals surface area (Å²) < 4.78 is 1.71. The summed E-state index contributed by atoms with van der Waals surface area (Å²) >= 11 is 6.26. The number of benzene rings is 1. The molecule has 140 valence electrons. The zero-order valence-electron chi connectivity index (χ0n) is 15.2. The first-order valence-electron chi connectivity index (χ1n) is 8.64. The summed E-state index contributed by atoms with van der Waals surface area (Å²) in [6.45, 7) is 5.08. The zero-order chi connectivity index (χ0) is 19.2. The second-order valence-electron chi connectivity index (χ2n) is 6.34. The minimum atomic E-state index is -0.0783. The molecule has 7 nitrogen and oxygen atoms in total. The Kier molecular flexibility index (Phi) is 6.03. The molecule has 0 radical (unpaired) electrons. The Morgan fingerprint density at radius 1 is 1.19 bits per heavy atom. The summed E-state index contributed by atoms with van der Waals surface area (Å²) in [6.07, 6.45) is 6.52. The van der Waals surface area contributed by atoms with E-state index in [-0.39, 0.29) is 11.9 Å². The SMILES string of the molecule is CC(C)N(CCn1cncn1)C(=O)c1cc(Cl)cc(Nc2ccncc2)c1. The molecular formula is C19H21ClN6O. The summed E-state index contributed by atoms with van der Waals surface area (Å²) in [4.78, 5) is 22.8. The van der Waals surface area contributed by atoms with E-state index < -0.39 is 0 Å². The number of halogens is 1. The fraction of sp³-hybridized carbons (Fsp3) is 0.263. The topological polar surface area (TPSA) is 75.9 Å². The van der Waals surface area contributed by atoms with E-state index in [1.807, 2.05) is 26.0 Å². The van der Waals surface area contributed by atoms with Crippen LogP contribution in [-0.4, -0.2) is 43.1 Å². The van der Waals surface area contributed by atoms with Gasteiger partial charge in [-0.25, -0.2) is 4.98 Å². The summed E-state index contributed by atoms with van der Waals surface area (Å²) in [5, 5.41) is 7.83. The van der Waals surface area contributed by atoms with Crippen LogP contribution in [0.3, 0.4) is 0 Å². The van der Waals surface area contributed by atoms with Gasteiger partial charge in [-0.2, -0.15) is 5.10 Å². The molecule has 0 saturated heterocycles. The molecule has 0 atom stereocenters. The summed E-state index contributed by atoms with van der Waals surface area (Å²) in [7, 11) is 0. The Morgan fingerprint density at radius 3 is 2.63 bits per heavy atom. The van der Waals surface area contributed by atoms with Crippen LogP contribution in [-0.2, 0) is 6.54 Å². The second-order valence-corrected chi connectivity index (χ2v) is 6.78. The molecule has 1 aromatic carbocycles. The molecule has 0 spiro atoms. The van der Waals surface area contributed by atoms with Crippen LogP contribution in [0.15, 0.2) is 55.4 Å². The highest BCUT2D eigenvalue weighted by Crippen LogP contribution is 2.24. The molecule has 0 bridgehead atoms. The molecule has 0 aliphatic heterocycles. The lowest BCUT2D eigenvalue weighted by molar-refractivity contribution is 0.0697. The van der Waals surface area contributed by atoms with Crippen LogP contribution >= 0.6 is 11.6 Å². The first-order valence-corrected chi connectivity index (χ1v) is 9.02. The number of hydrogen-bond donors (Lipinski definition) is 1. The van der Waals surface area contributed by atoms with E-state index >= 15 is 0 Å². The first-order chi connectivity index (χ1) is 13.0. The van der Waals surface area contributed by atoms with Crippen LogP contribution in [0.25, 0.3) is 0 Å². The van der Waals surface area contributed by atoms with Crippen LogP contribution < -0.4 is 5.32 Å². The number of anilines is 2. The van der Waals surface area contributed by atoms with E-state index in [2.05, 4.69) is 20.4 Å². The predicted molar refractivity (Wildman–Crippen MR) is 105 cm³/mol. The van der Waals surface area contributed by atoms with Crippen LogP contribution in [0.5, 0.6) is 0 Å². The van der Waals surface area contributed by atoms with Crippen molar-refractivity contribution in [1.29, 1.82) is 0 Å². The minimum Gasteiger partial charge on any atom is -0.355 e. The quantitative estimate of drug-likeness (QED) is 0.673. The summed E-state index contributed by atoms with van der Waals surface area (Å²) in [6, 6.07) is 9.01. The molecule has 3 aromatic rings. The molecular weight excluding hydrogens is 364 g/mol. The zero-order valence-corrected chi connectivity index (χ0v) is 16.0. The summed E-state index contributed by atoms with van der Waals surface area (Å²) in [5.74, 6) is -0.0783. The number of aromatic nitrogens is 4. The van der Waals surface area contributed by atoms with E-state index in [1.54, 1.807) is 46.5 Å². The molecule has 0 saturated carbocycles. The van der Waals surface area contributed by atoms with Crippen LogP contribution in [0.4, 0.5) is 11.4 Å². The van der Waals surface area contributed by atoms with Crippen molar-refractivity contribution in [2.24, 2.45) is 0 Å².